The summed E-state index contributed by atoms with van der Waals surface area (Å²) in [4.78, 5) is 0. The Morgan fingerprint density at radius 2 is 1.03 bits per heavy atom. The van der Waals surface area contributed by atoms with Gasteiger partial charge >= 0.3 is 17.1 Å². The molecule has 0 bridgehead atoms. The van der Waals surface area contributed by atoms with Crippen molar-refractivity contribution in [1.82, 2.24) is 0 Å². The highest BCUT2D eigenvalue weighted by Gasteiger charge is 2.72. The smallest absolute Gasteiger partial charge is 0.402 e. The second-order valence-electron chi connectivity index (χ2n) is 7.19. The quantitative estimate of drug-likeness (QED) is 0.181. The zero-order chi connectivity index (χ0) is 26.7. The van der Waals surface area contributed by atoms with Gasteiger partial charge in [0, 0.05) is 15.9 Å². The highest BCUT2D eigenvalue weighted by atomic mass is 79.9. The summed E-state index contributed by atoms with van der Waals surface area (Å²) in [6.07, 6.45) is 0. The van der Waals surface area contributed by atoms with Gasteiger partial charge in [-0.25, -0.2) is 8.42 Å². The SMILES string of the molecule is Brc1ccc([PH+](c2ccccc2)c2ccc(Br)cc2)cc1.CC(F)(F)C(F)(F)C(F)(F)S(=O)(=O)[O-]. The van der Waals surface area contributed by atoms with Crippen LogP contribution in [-0.4, -0.2) is 30.1 Å². The van der Waals surface area contributed by atoms with E-state index in [1.165, 1.54) is 15.9 Å². The van der Waals surface area contributed by atoms with E-state index in [1.54, 1.807) is 0 Å². The van der Waals surface area contributed by atoms with Gasteiger partial charge < -0.3 is 4.55 Å². The van der Waals surface area contributed by atoms with Gasteiger partial charge in [-0.3, -0.25) is 0 Å². The first-order valence-corrected chi connectivity index (χ1v) is 14.0. The fraction of sp³-hybridized carbons (Fsp3) is 0.182. The van der Waals surface area contributed by atoms with E-state index < -0.39 is 42.1 Å². The van der Waals surface area contributed by atoms with Crippen molar-refractivity contribution in [2.24, 2.45) is 0 Å². The fourth-order valence-electron chi connectivity index (χ4n) is 2.75. The molecule has 13 heteroatoms. The van der Waals surface area contributed by atoms with Gasteiger partial charge in [-0.05, 0) is 60.7 Å². The molecule has 3 aromatic rings. The zero-order valence-electron chi connectivity index (χ0n) is 17.7. The van der Waals surface area contributed by atoms with Crippen LogP contribution in [0.4, 0.5) is 26.3 Å². The van der Waals surface area contributed by atoms with Crippen molar-refractivity contribution in [3.8, 4) is 0 Å². The summed E-state index contributed by atoms with van der Waals surface area (Å²) in [5, 5.41) is -2.14. The molecule has 190 valence electrons. The molecule has 0 amide bonds. The summed E-state index contributed by atoms with van der Waals surface area (Å²) >= 11 is 7.04. The zero-order valence-corrected chi connectivity index (χ0v) is 22.7. The first kappa shape index (κ1) is 29.8. The molecule has 3 rings (SSSR count). The Labute approximate surface area is 216 Å². The maximum atomic E-state index is 12.1. The van der Waals surface area contributed by atoms with Gasteiger partial charge in [0.2, 0.25) is 0 Å². The number of rotatable bonds is 6. The molecule has 3 aromatic carbocycles. The lowest BCUT2D eigenvalue weighted by Crippen LogP contribution is -2.56. The average Bonchev–Trinajstić information content (AvgIpc) is 2.76. The van der Waals surface area contributed by atoms with Crippen LogP contribution in [0.5, 0.6) is 0 Å². The van der Waals surface area contributed by atoms with Crippen LogP contribution in [0.15, 0.2) is 87.8 Å². The van der Waals surface area contributed by atoms with Crippen LogP contribution < -0.4 is 15.9 Å². The Morgan fingerprint density at radius 1 is 0.686 bits per heavy atom. The Hall–Kier alpha value is -1.46. The van der Waals surface area contributed by atoms with E-state index in [2.05, 4.69) is 111 Å². The van der Waals surface area contributed by atoms with Crippen LogP contribution in [0.2, 0.25) is 0 Å². The van der Waals surface area contributed by atoms with E-state index >= 15 is 0 Å². The fourth-order valence-corrected chi connectivity index (χ4v) is 6.30. The summed E-state index contributed by atoms with van der Waals surface area (Å²) in [5.74, 6) is -11.6. The third-order valence-corrected chi connectivity index (χ3v) is 9.23. The van der Waals surface area contributed by atoms with E-state index in [0.717, 1.165) is 8.95 Å². The summed E-state index contributed by atoms with van der Waals surface area (Å²) in [7, 11) is -7.81. The molecule has 0 heterocycles. The summed E-state index contributed by atoms with van der Waals surface area (Å²) in [6.45, 7) is -0.619. The lowest BCUT2D eigenvalue weighted by Gasteiger charge is -2.31. The van der Waals surface area contributed by atoms with Crippen LogP contribution in [0.25, 0.3) is 0 Å². The van der Waals surface area contributed by atoms with Crippen molar-refractivity contribution in [1.29, 1.82) is 0 Å². The number of hydrogen-bond acceptors (Lipinski definition) is 3. The highest BCUT2D eigenvalue weighted by Crippen LogP contribution is 2.47. The van der Waals surface area contributed by atoms with E-state index in [1.807, 2.05) is 0 Å². The molecule has 0 spiro atoms. The van der Waals surface area contributed by atoms with Gasteiger partial charge in [0.1, 0.15) is 15.9 Å². The van der Waals surface area contributed by atoms with Crippen LogP contribution in [0.3, 0.4) is 0 Å². The number of alkyl halides is 6. The second kappa shape index (κ2) is 11.3. The molecule has 0 aliphatic carbocycles. The topological polar surface area (TPSA) is 57.2 Å². The molecular weight excluding hydrogens is 649 g/mol. The van der Waals surface area contributed by atoms with Crippen LogP contribution >= 0.6 is 39.8 Å². The van der Waals surface area contributed by atoms with Crippen LogP contribution in [0, 0.1) is 0 Å². The Morgan fingerprint density at radius 3 is 1.31 bits per heavy atom. The molecule has 3 nitrogen and oxygen atoms in total. The standard InChI is InChI=1S/C18H13Br2P.C4H4F6O3S/c19-14-6-10-17(11-7-14)21(16-4-2-1-3-5-16)18-12-8-15(20)9-13-18;1-2(5,6)3(7,8)4(9,10)14(11,12)13/h1-13H;1H3,(H,11,12,13). The van der Waals surface area contributed by atoms with Crippen molar-refractivity contribution in [3.63, 3.8) is 0 Å². The summed E-state index contributed by atoms with van der Waals surface area (Å²) < 4.78 is 103. The number of benzene rings is 3. The molecule has 0 aliphatic heterocycles. The van der Waals surface area contributed by atoms with Gasteiger partial charge in [-0.1, -0.05) is 50.1 Å². The molecule has 0 radical (unpaired) electrons. The molecule has 0 aromatic heterocycles. The minimum atomic E-state index is -6.86. The largest absolute Gasteiger partial charge is 0.743 e. The van der Waals surface area contributed by atoms with Crippen molar-refractivity contribution in [2.45, 2.75) is 24.0 Å². The van der Waals surface area contributed by atoms with Crippen molar-refractivity contribution >= 4 is 65.8 Å². The third-order valence-electron chi connectivity index (χ3n) is 4.56. The van der Waals surface area contributed by atoms with Gasteiger partial charge in [-0.2, -0.15) is 26.3 Å². The highest BCUT2D eigenvalue weighted by molar-refractivity contribution is 9.10. The maximum Gasteiger partial charge on any atom is 0.402 e. The number of halogens is 8. The maximum absolute atomic E-state index is 12.1. The molecule has 0 saturated heterocycles. The van der Waals surface area contributed by atoms with E-state index in [0.29, 0.717) is 0 Å². The van der Waals surface area contributed by atoms with Crippen LogP contribution in [0.1, 0.15) is 6.92 Å². The first-order valence-electron chi connectivity index (χ1n) is 9.52. The Kier molecular flexibility index (Phi) is 9.60. The molecule has 35 heavy (non-hydrogen) atoms. The molecule has 0 fully saturated rings. The predicted octanol–water partition coefficient (Wildman–Crippen LogP) is 6.12. The summed E-state index contributed by atoms with van der Waals surface area (Å²) in [6, 6.07) is 28.2. The van der Waals surface area contributed by atoms with Crippen molar-refractivity contribution in [2.75, 3.05) is 0 Å². The predicted molar refractivity (Wildman–Crippen MR) is 132 cm³/mol. The van der Waals surface area contributed by atoms with Gasteiger partial charge in [0.15, 0.2) is 10.1 Å². The number of hydrogen-bond donors (Lipinski definition) is 0. The Bertz CT molecular complexity index is 1180. The molecule has 0 N–H and O–H groups in total. The van der Waals surface area contributed by atoms with E-state index in [4.69, 9.17) is 0 Å². The second-order valence-corrected chi connectivity index (χ2v) is 12.9. The molecule has 0 aliphatic rings. The van der Waals surface area contributed by atoms with Crippen molar-refractivity contribution < 1.29 is 39.3 Å². The molecule has 0 saturated carbocycles. The lowest BCUT2D eigenvalue weighted by atomic mass is 10.2. The van der Waals surface area contributed by atoms with E-state index in [9.17, 15) is 39.3 Å². The summed E-state index contributed by atoms with van der Waals surface area (Å²) in [5.41, 5.74) is 0. The Balaban J connectivity index is 0.000000271. The van der Waals surface area contributed by atoms with Crippen molar-refractivity contribution in [3.05, 3.63) is 87.8 Å². The lowest BCUT2D eigenvalue weighted by molar-refractivity contribution is -0.273. The van der Waals surface area contributed by atoms with Gasteiger partial charge in [0.05, 0.1) is 7.92 Å². The van der Waals surface area contributed by atoms with Crippen LogP contribution in [-0.2, 0) is 10.1 Å². The molecular formula is C22H17Br2F6O3PS. The minimum absolute atomic E-state index is 0.619. The third kappa shape index (κ3) is 7.07. The van der Waals surface area contributed by atoms with Gasteiger partial charge in [0.25, 0.3) is 0 Å². The average molecular weight is 666 g/mol. The minimum Gasteiger partial charge on any atom is -0.743 e. The normalized spacial score (nSPS) is 12.8. The monoisotopic (exact) mass is 664 g/mol. The molecule has 0 unspecified atom stereocenters. The first-order chi connectivity index (χ1) is 16.0. The molecule has 0 atom stereocenters. The van der Waals surface area contributed by atoms with E-state index in [-0.39, 0.29) is 0 Å². The van der Waals surface area contributed by atoms with Gasteiger partial charge in [-0.15, -0.1) is 0 Å².